The highest BCUT2D eigenvalue weighted by Crippen LogP contribution is 2.37. The van der Waals surface area contributed by atoms with Crippen LogP contribution in [-0.2, 0) is 9.84 Å². The minimum Gasteiger partial charge on any atom is -0.277 e. The van der Waals surface area contributed by atoms with Crippen LogP contribution >= 0.6 is 0 Å². The van der Waals surface area contributed by atoms with Gasteiger partial charge in [-0.25, -0.2) is 22.5 Å². The molecule has 1 aromatic carbocycles. The van der Waals surface area contributed by atoms with E-state index in [4.69, 9.17) is 0 Å². The van der Waals surface area contributed by atoms with Crippen molar-refractivity contribution >= 4 is 32.7 Å². The van der Waals surface area contributed by atoms with Crippen molar-refractivity contribution in [3.63, 3.8) is 0 Å². The van der Waals surface area contributed by atoms with Crippen molar-refractivity contribution in [3.05, 3.63) is 47.4 Å². The highest BCUT2D eigenvalue weighted by atomic mass is 32.2. The third-order valence-electron chi connectivity index (χ3n) is 5.45. The normalized spacial score (nSPS) is 20.6. The van der Waals surface area contributed by atoms with Crippen molar-refractivity contribution in [1.82, 2.24) is 19.7 Å². The number of carbonyl (C=O) groups excluding carboxylic acids is 2. The first-order valence-electron chi connectivity index (χ1n) is 8.97. The molecule has 1 unspecified atom stereocenters. The molecule has 4 heterocycles. The third kappa shape index (κ3) is 2.59. The van der Waals surface area contributed by atoms with E-state index in [2.05, 4.69) is 10.1 Å². The molecule has 0 spiro atoms. The van der Waals surface area contributed by atoms with Gasteiger partial charge >= 0.3 is 0 Å². The summed E-state index contributed by atoms with van der Waals surface area (Å²) in [6.45, 7) is 0. The lowest BCUT2D eigenvalue weighted by Gasteiger charge is -2.09. The Morgan fingerprint density at radius 2 is 1.86 bits per heavy atom. The van der Waals surface area contributed by atoms with Gasteiger partial charge in [0, 0.05) is 18.8 Å². The Balaban J connectivity index is 1.82. The number of sulfone groups is 1. The first-order chi connectivity index (χ1) is 13.8. The van der Waals surface area contributed by atoms with E-state index >= 15 is 0 Å². The van der Waals surface area contributed by atoms with E-state index in [0.29, 0.717) is 28.7 Å². The minimum atomic E-state index is -3.18. The number of halogens is 1. The quantitative estimate of drug-likeness (QED) is 0.593. The van der Waals surface area contributed by atoms with Gasteiger partial charge in [0.2, 0.25) is 0 Å². The van der Waals surface area contributed by atoms with Crippen molar-refractivity contribution < 1.29 is 22.4 Å². The summed E-state index contributed by atoms with van der Waals surface area (Å²) in [6.07, 6.45) is 1.71. The topological polar surface area (TPSA) is 102 Å². The van der Waals surface area contributed by atoms with Crippen molar-refractivity contribution in [2.24, 2.45) is 0 Å². The summed E-state index contributed by atoms with van der Waals surface area (Å²) in [7, 11) is -1.79. The smallest absolute Gasteiger partial charge is 0.262 e. The Labute approximate surface area is 164 Å². The van der Waals surface area contributed by atoms with Crippen LogP contribution in [0.1, 0.15) is 33.2 Å². The van der Waals surface area contributed by atoms with E-state index in [1.54, 1.807) is 0 Å². The largest absolute Gasteiger partial charge is 0.277 e. The summed E-state index contributed by atoms with van der Waals surface area (Å²) in [5.74, 6) is -1.37. The van der Waals surface area contributed by atoms with Crippen LogP contribution in [0.2, 0.25) is 0 Å². The predicted octanol–water partition coefficient (Wildman–Crippen LogP) is 1.82. The summed E-state index contributed by atoms with van der Waals surface area (Å²) in [5.41, 5.74) is 1.61. The molecule has 3 aromatic rings. The summed E-state index contributed by atoms with van der Waals surface area (Å²) in [6, 6.07) is 5.17. The van der Waals surface area contributed by atoms with Gasteiger partial charge in [-0.1, -0.05) is 0 Å². The van der Waals surface area contributed by atoms with E-state index in [-0.39, 0.29) is 22.6 Å². The molecule has 1 atom stereocenters. The molecule has 2 aromatic heterocycles. The molecule has 2 aliphatic rings. The molecule has 0 N–H and O–H groups in total. The molecule has 2 aliphatic heterocycles. The van der Waals surface area contributed by atoms with Crippen LogP contribution in [0.3, 0.4) is 0 Å². The third-order valence-corrected chi connectivity index (χ3v) is 7.20. The lowest BCUT2D eigenvalue weighted by molar-refractivity contribution is 0.0693. The first-order valence-corrected chi connectivity index (χ1v) is 10.8. The van der Waals surface area contributed by atoms with E-state index in [1.807, 2.05) is 0 Å². The van der Waals surface area contributed by atoms with Crippen LogP contribution in [0, 0.1) is 5.82 Å². The average Bonchev–Trinajstić information content (AvgIpc) is 3.31. The second-order valence-corrected chi connectivity index (χ2v) is 9.50. The molecular formula is C19H15FN4O4S. The second kappa shape index (κ2) is 5.93. The molecule has 0 saturated carbocycles. The van der Waals surface area contributed by atoms with Gasteiger partial charge in [-0.3, -0.25) is 14.5 Å². The maximum absolute atomic E-state index is 13.4. The van der Waals surface area contributed by atoms with Crippen LogP contribution in [0.4, 0.5) is 4.39 Å². The number of nitrogens with zero attached hydrogens (tertiary/aromatic N) is 4. The number of imide groups is 1. The number of carbonyl (C=O) groups is 2. The lowest BCUT2D eigenvalue weighted by Crippen LogP contribution is -2.24. The van der Waals surface area contributed by atoms with Crippen LogP contribution < -0.4 is 0 Å². The number of amides is 2. The SMILES string of the molecule is CN1C(=O)c2cnc3c(c(-c4ccc(F)cc4)nn3C3CCS(=O)(=O)C3)c2C1=O. The fourth-order valence-electron chi connectivity index (χ4n) is 3.96. The van der Waals surface area contributed by atoms with Crippen molar-refractivity contribution in [2.75, 3.05) is 18.6 Å². The Morgan fingerprint density at radius 3 is 2.52 bits per heavy atom. The summed E-state index contributed by atoms with van der Waals surface area (Å²) >= 11 is 0. The average molecular weight is 414 g/mol. The van der Waals surface area contributed by atoms with Gasteiger partial charge in [-0.05, 0) is 30.7 Å². The number of aromatic nitrogens is 3. The van der Waals surface area contributed by atoms with Crippen LogP contribution in [0.25, 0.3) is 22.3 Å². The van der Waals surface area contributed by atoms with Gasteiger partial charge in [0.25, 0.3) is 11.8 Å². The van der Waals surface area contributed by atoms with Gasteiger partial charge < -0.3 is 0 Å². The molecule has 0 aliphatic carbocycles. The molecule has 2 amide bonds. The summed E-state index contributed by atoms with van der Waals surface area (Å²) in [5, 5.41) is 4.96. The highest BCUT2D eigenvalue weighted by molar-refractivity contribution is 7.91. The summed E-state index contributed by atoms with van der Waals surface area (Å²) < 4.78 is 38.9. The predicted molar refractivity (Wildman–Crippen MR) is 102 cm³/mol. The molecule has 10 heteroatoms. The van der Waals surface area contributed by atoms with Crippen molar-refractivity contribution in [1.29, 1.82) is 0 Å². The fraction of sp³-hybridized carbons (Fsp3) is 0.263. The zero-order chi connectivity index (χ0) is 20.5. The van der Waals surface area contributed by atoms with Gasteiger partial charge in [0.1, 0.15) is 11.5 Å². The molecule has 0 radical (unpaired) electrons. The Morgan fingerprint density at radius 1 is 1.14 bits per heavy atom. The second-order valence-electron chi connectivity index (χ2n) is 7.27. The maximum Gasteiger partial charge on any atom is 0.262 e. The Bertz CT molecular complexity index is 1310. The van der Waals surface area contributed by atoms with Gasteiger partial charge in [0.05, 0.1) is 34.1 Å². The number of rotatable bonds is 2. The van der Waals surface area contributed by atoms with E-state index in [9.17, 15) is 22.4 Å². The van der Waals surface area contributed by atoms with Crippen molar-refractivity contribution in [3.8, 4) is 11.3 Å². The standard InChI is InChI=1S/C19H15FN4O4S/c1-23-18(25)13-8-21-17-15(14(13)19(23)26)16(10-2-4-11(20)5-3-10)22-24(17)12-6-7-29(27,28)9-12/h2-5,8,12H,6-7,9H2,1H3. The van der Waals surface area contributed by atoms with Gasteiger partial charge in [0.15, 0.2) is 15.5 Å². The number of pyridine rings is 1. The minimum absolute atomic E-state index is 0.0516. The summed E-state index contributed by atoms with van der Waals surface area (Å²) in [4.78, 5) is 30.5. The molecule has 8 nitrogen and oxygen atoms in total. The first kappa shape index (κ1) is 17.9. The maximum atomic E-state index is 13.4. The monoisotopic (exact) mass is 414 g/mol. The molecular weight excluding hydrogens is 399 g/mol. The number of hydrogen-bond acceptors (Lipinski definition) is 6. The van der Waals surface area contributed by atoms with E-state index in [1.165, 1.54) is 42.2 Å². The van der Waals surface area contributed by atoms with E-state index in [0.717, 1.165) is 4.90 Å². The molecule has 148 valence electrons. The van der Waals surface area contributed by atoms with Crippen molar-refractivity contribution in [2.45, 2.75) is 12.5 Å². The Kier molecular flexibility index (Phi) is 3.66. The van der Waals surface area contributed by atoms with Gasteiger partial charge in [-0.15, -0.1) is 0 Å². The van der Waals surface area contributed by atoms with E-state index < -0.39 is 33.5 Å². The molecule has 5 rings (SSSR count). The lowest BCUT2D eigenvalue weighted by atomic mass is 10.0. The fourth-order valence-corrected chi connectivity index (χ4v) is 5.65. The van der Waals surface area contributed by atoms with Crippen LogP contribution in [-0.4, -0.2) is 58.4 Å². The molecule has 0 bridgehead atoms. The number of benzene rings is 1. The van der Waals surface area contributed by atoms with Gasteiger partial charge in [-0.2, -0.15) is 5.10 Å². The molecule has 29 heavy (non-hydrogen) atoms. The number of hydrogen-bond donors (Lipinski definition) is 0. The molecule has 1 fully saturated rings. The highest BCUT2D eigenvalue weighted by Gasteiger charge is 2.39. The zero-order valence-corrected chi connectivity index (χ0v) is 16.1. The van der Waals surface area contributed by atoms with Crippen LogP contribution in [0.15, 0.2) is 30.5 Å². The van der Waals surface area contributed by atoms with Crippen LogP contribution in [0.5, 0.6) is 0 Å². The Hall–Kier alpha value is -3.14. The zero-order valence-electron chi connectivity index (χ0n) is 15.3. The number of fused-ring (bicyclic) bond motifs is 3. The molecule has 1 saturated heterocycles.